The van der Waals surface area contributed by atoms with Gasteiger partial charge in [0.15, 0.2) is 0 Å². The van der Waals surface area contributed by atoms with Gasteiger partial charge in [-0.15, -0.1) is 0 Å². The standard InChI is InChI=1S/2C8H10N.Ag.F6P/c2*1-6-4-7(2)9-8(3)5-6;;1-7(2,3,4,5)6/h2*4H,1-3H3;;/q2*-1;+1;-1. The molecule has 0 atom stereocenters. The van der Waals surface area contributed by atoms with Crippen LogP contribution in [0.1, 0.15) is 33.9 Å². The van der Waals surface area contributed by atoms with E-state index in [2.05, 4.69) is 22.1 Å². The minimum absolute atomic E-state index is 0. The van der Waals surface area contributed by atoms with E-state index in [1.54, 1.807) is 0 Å². The largest absolute Gasteiger partial charge is 1.00 e. The van der Waals surface area contributed by atoms with E-state index in [0.717, 1.165) is 22.8 Å². The number of pyridine rings is 2. The third kappa shape index (κ3) is 21.1. The van der Waals surface area contributed by atoms with Crippen molar-refractivity contribution < 1.29 is 47.6 Å². The van der Waals surface area contributed by atoms with Gasteiger partial charge in [0.1, 0.15) is 0 Å². The minimum Gasteiger partial charge on any atom is 1.00 e. The summed E-state index contributed by atoms with van der Waals surface area (Å²) in [5.74, 6) is 0. The molecule has 0 radical (unpaired) electrons. The Kier molecular flexibility index (Phi) is 9.26. The van der Waals surface area contributed by atoms with E-state index < -0.39 is 7.81 Å². The SMILES string of the molecule is Cc1[c-]c(C)nc(C)c1.Cc1[c-]c(C)nc(C)c1.F[P-](F)(F)(F)(F)F.[Ag+]. The van der Waals surface area contributed by atoms with Crippen LogP contribution < -0.4 is 0 Å². The van der Waals surface area contributed by atoms with Crippen LogP contribution in [0.15, 0.2) is 12.1 Å². The molecule has 0 aliphatic carbocycles. The van der Waals surface area contributed by atoms with E-state index in [9.17, 15) is 25.2 Å². The smallest absolute Gasteiger partial charge is 1.00 e. The van der Waals surface area contributed by atoms with Crippen LogP contribution in [-0.4, -0.2) is 9.97 Å². The molecule has 0 amide bonds. The zero-order valence-corrected chi connectivity index (χ0v) is 17.4. The molecule has 0 unspecified atom stereocenters. The van der Waals surface area contributed by atoms with Crippen LogP contribution in [0.3, 0.4) is 0 Å². The molecule has 0 N–H and O–H groups in total. The first-order valence-electron chi connectivity index (χ1n) is 7.06. The van der Waals surface area contributed by atoms with Crippen molar-refractivity contribution in [2.24, 2.45) is 0 Å². The Labute approximate surface area is 165 Å². The molecule has 26 heavy (non-hydrogen) atoms. The van der Waals surface area contributed by atoms with E-state index in [1.165, 1.54) is 11.1 Å². The Morgan fingerprint density at radius 2 is 0.885 bits per heavy atom. The van der Waals surface area contributed by atoms with Gasteiger partial charge in [0.05, 0.1) is 0 Å². The number of halogens is 6. The third-order valence-corrected chi connectivity index (χ3v) is 2.30. The average molecular weight is 493 g/mol. The maximum Gasteiger partial charge on any atom is 1.00 e. The molecule has 0 saturated carbocycles. The molecular weight excluding hydrogens is 473 g/mol. The number of nitrogens with zero attached hydrogens (tertiary/aromatic N) is 2. The van der Waals surface area contributed by atoms with Gasteiger partial charge in [0, 0.05) is 0 Å². The summed E-state index contributed by atoms with van der Waals surface area (Å²) < 4.78 is 59.2. The molecule has 154 valence electrons. The first-order valence-corrected chi connectivity index (χ1v) is 9.09. The summed E-state index contributed by atoms with van der Waals surface area (Å²) in [6, 6.07) is 10.2. The van der Waals surface area contributed by atoms with Crippen LogP contribution in [-0.2, 0) is 22.4 Å². The Balaban J connectivity index is 0. The monoisotopic (exact) mass is 492 g/mol. The molecule has 2 aromatic heterocycles. The topological polar surface area (TPSA) is 25.8 Å². The quantitative estimate of drug-likeness (QED) is 0.171. The van der Waals surface area contributed by atoms with Gasteiger partial charge in [0.25, 0.3) is 0 Å². The number of hydrogen-bond donors (Lipinski definition) is 0. The van der Waals surface area contributed by atoms with Crippen molar-refractivity contribution in [3.63, 3.8) is 0 Å². The summed E-state index contributed by atoms with van der Waals surface area (Å²) in [5.41, 5.74) is 6.44. The van der Waals surface area contributed by atoms with Gasteiger partial charge in [-0.3, -0.25) is 9.97 Å². The van der Waals surface area contributed by atoms with Crippen LogP contribution in [0.4, 0.5) is 25.2 Å². The van der Waals surface area contributed by atoms with Crippen molar-refractivity contribution in [1.29, 1.82) is 0 Å². The van der Waals surface area contributed by atoms with Gasteiger partial charge in [0.2, 0.25) is 0 Å². The zero-order valence-electron chi connectivity index (χ0n) is 15.1. The molecule has 0 aromatic carbocycles. The van der Waals surface area contributed by atoms with Gasteiger partial charge in [-0.2, -0.15) is 12.1 Å². The minimum atomic E-state index is -10.7. The number of aryl methyl sites for hydroxylation is 6. The number of aromatic nitrogens is 2. The summed E-state index contributed by atoms with van der Waals surface area (Å²) >= 11 is 0. The summed E-state index contributed by atoms with van der Waals surface area (Å²) in [6.07, 6.45) is 0. The molecule has 0 aliphatic heterocycles. The molecule has 2 aromatic rings. The maximum absolute atomic E-state index is 10.7. The first kappa shape index (κ1) is 27.3. The van der Waals surface area contributed by atoms with Crippen molar-refractivity contribution in [2.75, 3.05) is 0 Å². The molecule has 0 spiro atoms. The zero-order chi connectivity index (χ0) is 20.1. The Morgan fingerprint density at radius 3 is 1.04 bits per heavy atom. The predicted octanol–water partition coefficient (Wildman–Crippen LogP) is 6.99. The van der Waals surface area contributed by atoms with Gasteiger partial charge in [-0.25, -0.2) is 23.3 Å². The van der Waals surface area contributed by atoms with E-state index in [-0.39, 0.29) is 22.4 Å². The van der Waals surface area contributed by atoms with Crippen LogP contribution in [0.2, 0.25) is 0 Å². The van der Waals surface area contributed by atoms with Crippen molar-refractivity contribution in [1.82, 2.24) is 9.97 Å². The Hall–Kier alpha value is -0.950. The second kappa shape index (κ2) is 8.83. The van der Waals surface area contributed by atoms with Gasteiger partial charge >= 0.3 is 55.4 Å². The fourth-order valence-corrected chi connectivity index (χ4v) is 1.92. The number of rotatable bonds is 0. The summed E-state index contributed by atoms with van der Waals surface area (Å²) in [4.78, 5) is 8.36. The average Bonchev–Trinajstić information content (AvgIpc) is 2.19. The molecule has 2 rings (SSSR count). The Morgan fingerprint density at radius 1 is 0.654 bits per heavy atom. The van der Waals surface area contributed by atoms with Crippen LogP contribution >= 0.6 is 7.81 Å². The third-order valence-electron chi connectivity index (χ3n) is 2.30. The summed E-state index contributed by atoms with van der Waals surface area (Å²) in [7, 11) is -10.7. The van der Waals surface area contributed by atoms with Gasteiger partial charge in [-0.05, 0) is 39.1 Å². The van der Waals surface area contributed by atoms with E-state index in [0.29, 0.717) is 0 Å². The van der Waals surface area contributed by atoms with E-state index in [1.807, 2.05) is 53.7 Å². The predicted molar refractivity (Wildman–Crippen MR) is 88.1 cm³/mol. The Bertz CT molecular complexity index is 571. The second-order valence-electron chi connectivity index (χ2n) is 5.54. The van der Waals surface area contributed by atoms with E-state index in [4.69, 9.17) is 0 Å². The fraction of sp³-hybridized carbons (Fsp3) is 0.375. The van der Waals surface area contributed by atoms with Crippen LogP contribution in [0.5, 0.6) is 0 Å². The summed E-state index contributed by atoms with van der Waals surface area (Å²) in [5, 5.41) is 0. The van der Waals surface area contributed by atoms with Crippen LogP contribution in [0, 0.1) is 53.7 Å². The second-order valence-corrected chi connectivity index (χ2v) is 7.46. The van der Waals surface area contributed by atoms with Crippen molar-refractivity contribution in [3.8, 4) is 0 Å². The van der Waals surface area contributed by atoms with Crippen molar-refractivity contribution >= 4 is 7.81 Å². The van der Waals surface area contributed by atoms with Crippen LogP contribution in [0.25, 0.3) is 0 Å². The number of hydrogen-bond acceptors (Lipinski definition) is 2. The molecule has 2 nitrogen and oxygen atoms in total. The van der Waals surface area contributed by atoms with Gasteiger partial charge in [-0.1, -0.05) is 25.2 Å². The van der Waals surface area contributed by atoms with Crippen molar-refractivity contribution in [3.05, 3.63) is 58.2 Å². The molecule has 0 bridgehead atoms. The van der Waals surface area contributed by atoms with Gasteiger partial charge < -0.3 is 0 Å². The molecular formula is C16H20AgF6N2P-2. The normalized spacial score (nSPS) is 12.9. The maximum atomic E-state index is 9.87. The van der Waals surface area contributed by atoms with E-state index >= 15 is 0 Å². The first-order chi connectivity index (χ1) is 10.8. The molecule has 0 aliphatic rings. The fourth-order valence-electron chi connectivity index (χ4n) is 1.92. The summed E-state index contributed by atoms with van der Waals surface area (Å²) in [6.45, 7) is 12.0. The molecule has 10 heteroatoms. The van der Waals surface area contributed by atoms with Crippen molar-refractivity contribution in [2.45, 2.75) is 41.5 Å². The molecule has 2 heterocycles. The molecule has 0 saturated heterocycles. The molecule has 0 fully saturated rings.